The Morgan fingerprint density at radius 2 is 1.90 bits per heavy atom. The first kappa shape index (κ1) is 14.1. The second kappa shape index (κ2) is 4.57. The zero-order chi connectivity index (χ0) is 15.3. The van der Waals surface area contributed by atoms with E-state index < -0.39 is 12.9 Å². The summed E-state index contributed by atoms with van der Waals surface area (Å²) in [4.78, 5) is 17.7. The Bertz CT molecular complexity index is 744. The van der Waals surface area contributed by atoms with Gasteiger partial charge in [0.25, 0.3) is 0 Å². The van der Waals surface area contributed by atoms with Crippen LogP contribution in [0.5, 0.6) is 0 Å². The molecule has 0 radical (unpaired) electrons. The largest absolute Gasteiger partial charge is 0.487 e. The van der Waals surface area contributed by atoms with Crippen molar-refractivity contribution in [1.29, 1.82) is 0 Å². The molecule has 0 unspecified atom stereocenters. The molecule has 3 heterocycles. The van der Waals surface area contributed by atoms with E-state index in [9.17, 15) is 4.79 Å². The highest BCUT2D eigenvalue weighted by Crippen LogP contribution is 2.37. The summed E-state index contributed by atoms with van der Waals surface area (Å²) in [6.45, 7) is 8.01. The average molecular weight is 288 g/mol. The third-order valence-corrected chi connectivity index (χ3v) is 4.01. The third-order valence-electron chi connectivity index (χ3n) is 4.01. The maximum Gasteiger partial charge on any atom is 0.487 e. The van der Waals surface area contributed by atoms with E-state index in [2.05, 4.69) is 9.97 Å². The van der Waals surface area contributed by atoms with Gasteiger partial charge in [-0.3, -0.25) is 4.98 Å². The number of rotatable bonds is 2. The minimum absolute atomic E-state index is 0.363. The van der Waals surface area contributed by atoms with Crippen LogP contribution >= 0.6 is 0 Å². The number of fused-ring (bicyclic) bond motifs is 1. The molecule has 110 valence electrons. The van der Waals surface area contributed by atoms with Crippen molar-refractivity contribution >= 4 is 24.4 Å². The van der Waals surface area contributed by atoms with E-state index in [1.165, 1.54) is 0 Å². The first-order chi connectivity index (χ1) is 9.77. The van der Waals surface area contributed by atoms with Crippen molar-refractivity contribution in [2.75, 3.05) is 0 Å². The van der Waals surface area contributed by atoms with E-state index in [0.29, 0.717) is 11.2 Å². The molecule has 1 N–H and O–H groups in total. The summed E-state index contributed by atoms with van der Waals surface area (Å²) in [5.41, 5.74) is 0.943. The number of aromatic amines is 1. The second-order valence-corrected chi connectivity index (χ2v) is 6.11. The molecule has 1 aliphatic rings. The van der Waals surface area contributed by atoms with Crippen LogP contribution in [0, 0.1) is 0 Å². The highest BCUT2D eigenvalue weighted by atomic mass is 16.7. The Morgan fingerprint density at radius 1 is 1.24 bits per heavy atom. The molecule has 0 aliphatic carbocycles. The van der Waals surface area contributed by atoms with E-state index in [0.717, 1.165) is 5.56 Å². The second-order valence-electron chi connectivity index (χ2n) is 6.11. The van der Waals surface area contributed by atoms with Crippen molar-refractivity contribution in [1.82, 2.24) is 9.97 Å². The van der Waals surface area contributed by atoms with E-state index in [1.807, 2.05) is 39.7 Å². The van der Waals surface area contributed by atoms with Gasteiger partial charge in [0.2, 0.25) is 0 Å². The van der Waals surface area contributed by atoms with Crippen molar-refractivity contribution in [2.24, 2.45) is 0 Å². The monoisotopic (exact) mass is 288 g/mol. The van der Waals surface area contributed by atoms with Gasteiger partial charge in [0, 0.05) is 6.20 Å². The van der Waals surface area contributed by atoms with Crippen LogP contribution < -0.4 is 5.76 Å². The van der Waals surface area contributed by atoms with E-state index in [-0.39, 0.29) is 11.2 Å². The number of oxazole rings is 1. The third kappa shape index (κ3) is 2.54. The lowest BCUT2D eigenvalue weighted by Crippen LogP contribution is -2.41. The molecule has 1 fully saturated rings. The zero-order valence-corrected chi connectivity index (χ0v) is 12.5. The molecule has 0 saturated carbocycles. The summed E-state index contributed by atoms with van der Waals surface area (Å²) < 4.78 is 16.7. The summed E-state index contributed by atoms with van der Waals surface area (Å²) in [5.74, 6) is 1.31. The summed E-state index contributed by atoms with van der Waals surface area (Å²) in [6, 6.07) is 1.74. The molecule has 7 heteroatoms. The summed E-state index contributed by atoms with van der Waals surface area (Å²) in [5, 5.41) is 0. The number of H-pyrrole nitrogens is 1. The molecule has 1 aliphatic heterocycles. The predicted octanol–water partition coefficient (Wildman–Crippen LogP) is 2.16. The van der Waals surface area contributed by atoms with Crippen LogP contribution in [0.25, 0.3) is 17.3 Å². The fourth-order valence-corrected chi connectivity index (χ4v) is 2.10. The van der Waals surface area contributed by atoms with Crippen LogP contribution in [0.1, 0.15) is 33.3 Å². The predicted molar refractivity (Wildman–Crippen MR) is 79.7 cm³/mol. The molecular weight excluding hydrogens is 271 g/mol. The zero-order valence-electron chi connectivity index (χ0n) is 12.5. The molecule has 3 rings (SSSR count). The standard InChI is InChI=1S/C14H17BN2O4/c1-13(2)14(3,4)21-15(20-13)6-5-9-7-10-11(16-8-9)17-12(18)19-10/h5-8H,1-4H3,(H,16,17,18)/b6-5+. The Morgan fingerprint density at radius 3 is 2.57 bits per heavy atom. The van der Waals surface area contributed by atoms with Crippen LogP contribution in [0.15, 0.2) is 27.5 Å². The molecule has 0 spiro atoms. The van der Waals surface area contributed by atoms with Gasteiger partial charge in [-0.2, -0.15) is 0 Å². The quantitative estimate of drug-likeness (QED) is 0.857. The maximum absolute atomic E-state index is 11.1. The number of hydrogen-bond donors (Lipinski definition) is 1. The molecule has 2 aromatic rings. The first-order valence-corrected chi connectivity index (χ1v) is 6.80. The molecular formula is C14H17BN2O4. The molecule has 21 heavy (non-hydrogen) atoms. The minimum atomic E-state index is -0.510. The smallest absolute Gasteiger partial charge is 0.406 e. The molecule has 0 aromatic carbocycles. The lowest BCUT2D eigenvalue weighted by Gasteiger charge is -2.32. The minimum Gasteiger partial charge on any atom is -0.406 e. The van der Waals surface area contributed by atoms with Crippen LogP contribution in [-0.4, -0.2) is 28.3 Å². The van der Waals surface area contributed by atoms with E-state index >= 15 is 0 Å². The number of aromatic nitrogens is 2. The van der Waals surface area contributed by atoms with Crippen molar-refractivity contribution in [3.8, 4) is 0 Å². The summed E-state index contributed by atoms with van der Waals surface area (Å²) in [6.07, 6.45) is 3.48. The van der Waals surface area contributed by atoms with Gasteiger partial charge >= 0.3 is 12.9 Å². The fourth-order valence-electron chi connectivity index (χ4n) is 2.10. The molecule has 1 saturated heterocycles. The van der Waals surface area contributed by atoms with Crippen molar-refractivity contribution in [3.63, 3.8) is 0 Å². The highest BCUT2D eigenvalue weighted by molar-refractivity contribution is 6.52. The highest BCUT2D eigenvalue weighted by Gasteiger charge is 2.49. The number of hydrogen-bond acceptors (Lipinski definition) is 5. The van der Waals surface area contributed by atoms with Crippen LogP contribution in [0.2, 0.25) is 0 Å². The summed E-state index contributed by atoms with van der Waals surface area (Å²) in [7, 11) is -0.413. The summed E-state index contributed by atoms with van der Waals surface area (Å²) >= 11 is 0. The Hall–Kier alpha value is -1.86. The SMILES string of the molecule is CC1(C)OB(/C=C/c2cnc3[nH]c(=O)oc3c2)OC1(C)C. The Labute approximate surface area is 122 Å². The van der Waals surface area contributed by atoms with Crippen LogP contribution in [0.4, 0.5) is 0 Å². The van der Waals surface area contributed by atoms with Gasteiger partial charge in [0.15, 0.2) is 11.2 Å². The van der Waals surface area contributed by atoms with Gasteiger partial charge in [-0.05, 0) is 39.3 Å². The number of nitrogens with one attached hydrogen (secondary N) is 1. The first-order valence-electron chi connectivity index (χ1n) is 6.80. The van der Waals surface area contributed by atoms with Gasteiger partial charge in [0.05, 0.1) is 11.2 Å². The van der Waals surface area contributed by atoms with Crippen LogP contribution in [-0.2, 0) is 9.31 Å². The van der Waals surface area contributed by atoms with Crippen LogP contribution in [0.3, 0.4) is 0 Å². The normalized spacial score (nSPS) is 20.7. The lowest BCUT2D eigenvalue weighted by molar-refractivity contribution is 0.00578. The van der Waals surface area contributed by atoms with E-state index in [4.69, 9.17) is 13.7 Å². The Kier molecular flexibility index (Phi) is 3.07. The Balaban J connectivity index is 1.81. The van der Waals surface area contributed by atoms with E-state index in [1.54, 1.807) is 12.3 Å². The van der Waals surface area contributed by atoms with Crippen molar-refractivity contribution in [3.05, 3.63) is 34.4 Å². The van der Waals surface area contributed by atoms with Gasteiger partial charge < -0.3 is 13.7 Å². The van der Waals surface area contributed by atoms with Crippen molar-refractivity contribution < 1.29 is 13.7 Å². The molecule has 0 amide bonds. The number of nitrogens with zero attached hydrogens (tertiary/aromatic N) is 1. The fraction of sp³-hybridized carbons (Fsp3) is 0.429. The lowest BCUT2D eigenvalue weighted by atomic mass is 9.89. The molecule has 2 aromatic heterocycles. The average Bonchev–Trinajstić information content (AvgIpc) is 2.82. The molecule has 0 bridgehead atoms. The topological polar surface area (TPSA) is 77.4 Å². The van der Waals surface area contributed by atoms with Crippen molar-refractivity contribution in [2.45, 2.75) is 38.9 Å². The maximum atomic E-state index is 11.1. The number of pyridine rings is 1. The van der Waals surface area contributed by atoms with Gasteiger partial charge in [0.1, 0.15) is 0 Å². The van der Waals surface area contributed by atoms with Gasteiger partial charge in [-0.1, -0.05) is 12.1 Å². The van der Waals surface area contributed by atoms with Gasteiger partial charge in [-0.15, -0.1) is 0 Å². The molecule has 6 nitrogen and oxygen atoms in total. The molecule has 0 atom stereocenters. The van der Waals surface area contributed by atoms with Gasteiger partial charge in [-0.25, -0.2) is 9.78 Å².